The molecule has 2 aromatic carbocycles. The molecule has 0 bridgehead atoms. The molecule has 5 rings (SSSR count). The number of amides is 1. The number of aromatic nitrogens is 1. The molecule has 0 spiro atoms. The standard InChI is InChI=1S/C31H33N5O2S/c1-38-15-14-33-27-12-13-28-29(18-27)39-31(35-28)36-30(37)24-6-2-4-21(16-24)5-3-7-26-17-25(20-34-26)23-10-8-22(19-32)9-11-23/h2,4,6,8-11,16-17,20,26-27,33H,3,5,7,12-15,18H2,1H3,(H,35,36,37). The van der Waals surface area contributed by atoms with Crippen LogP contribution >= 0.6 is 11.3 Å². The van der Waals surface area contributed by atoms with Gasteiger partial charge in [-0.25, -0.2) is 4.98 Å². The Labute approximate surface area is 233 Å². The summed E-state index contributed by atoms with van der Waals surface area (Å²) in [6.07, 6.45) is 9.84. The van der Waals surface area contributed by atoms with E-state index in [0.29, 0.717) is 28.9 Å². The molecule has 3 aromatic rings. The largest absolute Gasteiger partial charge is 0.383 e. The summed E-state index contributed by atoms with van der Waals surface area (Å²) in [6, 6.07) is 18.2. The number of hydrogen-bond acceptors (Lipinski definition) is 7. The monoisotopic (exact) mass is 539 g/mol. The Kier molecular flexibility index (Phi) is 8.94. The van der Waals surface area contributed by atoms with Crippen LogP contribution in [0.15, 0.2) is 59.6 Å². The Morgan fingerprint density at radius 3 is 2.92 bits per heavy atom. The smallest absolute Gasteiger partial charge is 0.257 e. The van der Waals surface area contributed by atoms with E-state index in [1.807, 2.05) is 48.7 Å². The highest BCUT2D eigenvalue weighted by molar-refractivity contribution is 7.15. The van der Waals surface area contributed by atoms with E-state index in [9.17, 15) is 4.79 Å². The molecule has 1 aliphatic carbocycles. The van der Waals surface area contributed by atoms with E-state index in [1.165, 1.54) is 4.88 Å². The predicted octanol–water partition coefficient (Wildman–Crippen LogP) is 5.22. The molecule has 2 N–H and O–H groups in total. The third-order valence-electron chi connectivity index (χ3n) is 7.18. The summed E-state index contributed by atoms with van der Waals surface area (Å²) in [5.41, 5.74) is 5.75. The van der Waals surface area contributed by atoms with Gasteiger partial charge in [0, 0.05) is 36.4 Å². The Hall–Kier alpha value is -3.64. The molecule has 0 saturated heterocycles. The van der Waals surface area contributed by atoms with Crippen LogP contribution in [0.25, 0.3) is 5.57 Å². The van der Waals surface area contributed by atoms with Crippen LogP contribution in [0, 0.1) is 11.3 Å². The van der Waals surface area contributed by atoms with Crippen LogP contribution in [0.3, 0.4) is 0 Å². The molecule has 39 heavy (non-hydrogen) atoms. The summed E-state index contributed by atoms with van der Waals surface area (Å²) in [5, 5.41) is 16.2. The summed E-state index contributed by atoms with van der Waals surface area (Å²) in [7, 11) is 1.72. The van der Waals surface area contributed by atoms with Crippen LogP contribution in [0.1, 0.15) is 56.9 Å². The van der Waals surface area contributed by atoms with Crippen LogP contribution in [-0.2, 0) is 24.0 Å². The van der Waals surface area contributed by atoms with E-state index < -0.39 is 0 Å². The van der Waals surface area contributed by atoms with Gasteiger partial charge in [0.05, 0.1) is 30.0 Å². The van der Waals surface area contributed by atoms with Crippen molar-refractivity contribution in [2.45, 2.75) is 50.6 Å². The molecule has 1 aromatic heterocycles. The van der Waals surface area contributed by atoms with E-state index in [1.54, 1.807) is 18.4 Å². The van der Waals surface area contributed by atoms with E-state index >= 15 is 0 Å². The van der Waals surface area contributed by atoms with Gasteiger partial charge in [-0.05, 0) is 79.5 Å². The molecule has 1 amide bonds. The second-order valence-corrected chi connectivity index (χ2v) is 11.1. The number of carbonyl (C=O) groups is 1. The molecule has 2 aliphatic rings. The zero-order valence-electron chi connectivity index (χ0n) is 22.2. The van der Waals surface area contributed by atoms with E-state index in [0.717, 1.165) is 67.5 Å². The zero-order chi connectivity index (χ0) is 27.0. The van der Waals surface area contributed by atoms with Crippen LogP contribution in [0.2, 0.25) is 0 Å². The number of hydrogen-bond donors (Lipinski definition) is 2. The Morgan fingerprint density at radius 1 is 1.23 bits per heavy atom. The number of thiazole rings is 1. The van der Waals surface area contributed by atoms with E-state index in [4.69, 9.17) is 15.0 Å². The highest BCUT2D eigenvalue weighted by Crippen LogP contribution is 2.30. The number of aryl methyl sites for hydroxylation is 2. The summed E-state index contributed by atoms with van der Waals surface area (Å²) >= 11 is 1.59. The topological polar surface area (TPSA) is 99.4 Å². The lowest BCUT2D eigenvalue weighted by Crippen LogP contribution is -2.36. The molecular weight excluding hydrogens is 506 g/mol. The fourth-order valence-electron chi connectivity index (χ4n) is 5.06. The predicted molar refractivity (Wildman–Crippen MR) is 157 cm³/mol. The molecule has 0 fully saturated rings. The van der Waals surface area contributed by atoms with Gasteiger partial charge in [-0.3, -0.25) is 15.1 Å². The molecule has 1 aliphatic heterocycles. The Bertz CT molecular complexity index is 1400. The van der Waals surface area contributed by atoms with E-state index in [-0.39, 0.29) is 11.9 Å². The number of anilines is 1. The number of benzene rings is 2. The van der Waals surface area contributed by atoms with Crippen molar-refractivity contribution in [2.75, 3.05) is 25.6 Å². The van der Waals surface area contributed by atoms with Gasteiger partial charge in [-0.1, -0.05) is 30.3 Å². The molecule has 0 saturated carbocycles. The Morgan fingerprint density at radius 2 is 2.10 bits per heavy atom. The van der Waals surface area contributed by atoms with Crippen molar-refractivity contribution >= 4 is 34.2 Å². The second-order valence-electron chi connectivity index (χ2n) is 9.98. The SMILES string of the molecule is COCCNC1CCc2nc(NC(=O)c3cccc(CCCC4C=C(c5ccc(C#N)cc5)C=N4)c3)sc2C1. The lowest BCUT2D eigenvalue weighted by molar-refractivity contribution is 0.102. The number of carbonyl (C=O) groups excluding carboxylic acids is 1. The number of aliphatic imine (C=N–C) groups is 1. The maximum absolute atomic E-state index is 13.0. The number of fused-ring (bicyclic) bond motifs is 1. The molecule has 2 heterocycles. The van der Waals surface area contributed by atoms with Gasteiger partial charge in [0.25, 0.3) is 5.91 Å². The third-order valence-corrected chi connectivity index (χ3v) is 8.21. The van der Waals surface area contributed by atoms with Gasteiger partial charge < -0.3 is 10.1 Å². The van der Waals surface area contributed by atoms with Crippen molar-refractivity contribution in [2.24, 2.45) is 4.99 Å². The number of nitrogens with one attached hydrogen (secondary N) is 2. The summed E-state index contributed by atoms with van der Waals surface area (Å²) in [4.78, 5) is 23.6. The van der Waals surface area contributed by atoms with Crippen molar-refractivity contribution in [1.29, 1.82) is 5.26 Å². The highest BCUT2D eigenvalue weighted by atomic mass is 32.1. The minimum atomic E-state index is -0.117. The molecule has 8 heteroatoms. The van der Waals surface area contributed by atoms with Gasteiger partial charge >= 0.3 is 0 Å². The van der Waals surface area contributed by atoms with Gasteiger partial charge in [-0.15, -0.1) is 11.3 Å². The average Bonchev–Trinajstić information content (AvgIpc) is 3.60. The fraction of sp³-hybridized carbons (Fsp3) is 0.355. The fourth-order valence-corrected chi connectivity index (χ4v) is 6.14. The number of nitrogens with zero attached hydrogens (tertiary/aromatic N) is 3. The quantitative estimate of drug-likeness (QED) is 0.326. The number of ether oxygens (including phenoxy) is 1. The van der Waals surface area contributed by atoms with Gasteiger partial charge in [0.2, 0.25) is 0 Å². The summed E-state index contributed by atoms with van der Waals surface area (Å²) in [6.45, 7) is 1.55. The van der Waals surface area contributed by atoms with Gasteiger partial charge in [0.1, 0.15) is 0 Å². The highest BCUT2D eigenvalue weighted by Gasteiger charge is 2.23. The van der Waals surface area contributed by atoms with Crippen LogP contribution in [0.5, 0.6) is 0 Å². The first-order valence-electron chi connectivity index (χ1n) is 13.5. The zero-order valence-corrected chi connectivity index (χ0v) is 23.0. The lowest BCUT2D eigenvalue weighted by atomic mass is 9.98. The van der Waals surface area contributed by atoms with Crippen LogP contribution in [0.4, 0.5) is 5.13 Å². The maximum Gasteiger partial charge on any atom is 0.257 e. The van der Waals surface area contributed by atoms with E-state index in [2.05, 4.69) is 33.8 Å². The van der Waals surface area contributed by atoms with Crippen molar-refractivity contribution in [3.8, 4) is 6.07 Å². The number of nitriles is 1. The minimum Gasteiger partial charge on any atom is -0.383 e. The molecule has 0 radical (unpaired) electrons. The molecular formula is C31H33N5O2S. The number of rotatable bonds is 11. The molecule has 2 unspecified atom stereocenters. The maximum atomic E-state index is 13.0. The first-order valence-corrected chi connectivity index (χ1v) is 14.3. The lowest BCUT2D eigenvalue weighted by Gasteiger charge is -2.22. The second kappa shape index (κ2) is 12.9. The normalized spacial score (nSPS) is 17.9. The molecule has 7 nitrogen and oxygen atoms in total. The third kappa shape index (κ3) is 7.07. The molecule has 200 valence electrons. The summed E-state index contributed by atoms with van der Waals surface area (Å²) < 4.78 is 5.14. The van der Waals surface area contributed by atoms with Crippen molar-refractivity contribution in [3.05, 3.63) is 87.4 Å². The van der Waals surface area contributed by atoms with Crippen LogP contribution < -0.4 is 10.6 Å². The van der Waals surface area contributed by atoms with Crippen molar-refractivity contribution < 1.29 is 9.53 Å². The van der Waals surface area contributed by atoms with Gasteiger partial charge in [0.15, 0.2) is 5.13 Å². The van der Waals surface area contributed by atoms with Crippen molar-refractivity contribution in [3.63, 3.8) is 0 Å². The van der Waals surface area contributed by atoms with Crippen LogP contribution in [-0.4, -0.2) is 49.5 Å². The first kappa shape index (κ1) is 26.9. The first-order chi connectivity index (χ1) is 19.1. The number of allylic oxidation sites excluding steroid dienone is 1. The van der Waals surface area contributed by atoms with Gasteiger partial charge in [-0.2, -0.15) is 5.26 Å². The average molecular weight is 540 g/mol. The molecule has 2 atom stereocenters. The minimum absolute atomic E-state index is 0.117. The summed E-state index contributed by atoms with van der Waals surface area (Å²) in [5.74, 6) is -0.117. The Balaban J connectivity index is 1.11. The van der Waals surface area contributed by atoms with Crippen molar-refractivity contribution in [1.82, 2.24) is 10.3 Å². The number of methoxy groups -OCH3 is 1.